The average Bonchev–Trinajstić information content (AvgIpc) is 2.36. The van der Waals surface area contributed by atoms with E-state index in [9.17, 15) is 13.9 Å². The molecule has 0 aromatic heterocycles. The van der Waals surface area contributed by atoms with Crippen molar-refractivity contribution in [1.29, 1.82) is 0 Å². The molecule has 1 N–H and O–H groups in total. The topological polar surface area (TPSA) is 23.5 Å². The van der Waals surface area contributed by atoms with E-state index in [0.717, 1.165) is 31.2 Å². The maximum atomic E-state index is 13.4. The van der Waals surface area contributed by atoms with E-state index in [1.54, 1.807) is 6.07 Å². The summed E-state index contributed by atoms with van der Waals surface area (Å²) in [5.74, 6) is -1.22. The molecular weight excluding hydrogens is 248 g/mol. The third-order valence-corrected chi connectivity index (χ3v) is 4.03. The van der Waals surface area contributed by atoms with E-state index in [-0.39, 0.29) is 12.1 Å². The first-order valence-corrected chi connectivity index (χ1v) is 6.78. The number of halogens is 2. The molecule has 2 nitrogen and oxygen atoms in total. The van der Waals surface area contributed by atoms with E-state index in [1.165, 1.54) is 12.1 Å². The number of aliphatic hydroxyl groups excluding tert-OH is 1. The summed E-state index contributed by atoms with van der Waals surface area (Å²) in [5, 5.41) is 9.58. The van der Waals surface area contributed by atoms with Crippen molar-refractivity contribution in [1.82, 2.24) is 4.90 Å². The van der Waals surface area contributed by atoms with Gasteiger partial charge in [0, 0.05) is 6.04 Å². The molecule has 1 saturated carbocycles. The van der Waals surface area contributed by atoms with Gasteiger partial charge >= 0.3 is 0 Å². The second kappa shape index (κ2) is 5.97. The van der Waals surface area contributed by atoms with Crippen LogP contribution < -0.4 is 0 Å². The van der Waals surface area contributed by atoms with Crippen LogP contribution in [-0.2, 0) is 0 Å². The van der Waals surface area contributed by atoms with Crippen LogP contribution in [0, 0.1) is 17.6 Å². The summed E-state index contributed by atoms with van der Waals surface area (Å²) in [6.45, 7) is 0. The molecule has 4 heteroatoms. The van der Waals surface area contributed by atoms with Crippen LogP contribution in [0.5, 0.6) is 0 Å². The first-order valence-electron chi connectivity index (χ1n) is 6.78. The number of hydrogen-bond donors (Lipinski definition) is 1. The molecule has 1 fully saturated rings. The van der Waals surface area contributed by atoms with Gasteiger partial charge in [-0.15, -0.1) is 0 Å². The first-order chi connectivity index (χ1) is 8.99. The molecule has 1 aliphatic carbocycles. The Kier molecular flexibility index (Phi) is 4.53. The molecular formula is C15H21F2NO. The number of benzene rings is 1. The van der Waals surface area contributed by atoms with Gasteiger partial charge < -0.3 is 10.0 Å². The van der Waals surface area contributed by atoms with Gasteiger partial charge in [0.15, 0.2) is 11.6 Å². The molecule has 1 atom stereocenters. The van der Waals surface area contributed by atoms with Crippen molar-refractivity contribution in [2.75, 3.05) is 14.1 Å². The van der Waals surface area contributed by atoms with Gasteiger partial charge in [-0.1, -0.05) is 6.07 Å². The van der Waals surface area contributed by atoms with E-state index in [0.29, 0.717) is 5.92 Å². The van der Waals surface area contributed by atoms with Gasteiger partial charge in [-0.2, -0.15) is 0 Å². The van der Waals surface area contributed by atoms with Crippen LogP contribution in [0.2, 0.25) is 0 Å². The summed E-state index contributed by atoms with van der Waals surface area (Å²) in [6.07, 6.45) is 3.22. The van der Waals surface area contributed by atoms with Crippen LogP contribution in [0.3, 0.4) is 0 Å². The van der Waals surface area contributed by atoms with E-state index in [4.69, 9.17) is 0 Å². The second-order valence-corrected chi connectivity index (χ2v) is 5.65. The maximum absolute atomic E-state index is 13.4. The summed E-state index contributed by atoms with van der Waals surface area (Å²) >= 11 is 0. The number of aliphatic hydroxyl groups is 1. The summed E-state index contributed by atoms with van der Waals surface area (Å²) < 4.78 is 26.4. The van der Waals surface area contributed by atoms with Crippen LogP contribution in [0.25, 0.3) is 0 Å². The van der Waals surface area contributed by atoms with E-state index in [2.05, 4.69) is 4.90 Å². The normalized spacial score (nSPS) is 25.6. The highest BCUT2D eigenvalue weighted by Gasteiger charge is 2.29. The van der Waals surface area contributed by atoms with Crippen LogP contribution >= 0.6 is 0 Å². The molecule has 0 spiro atoms. The van der Waals surface area contributed by atoms with E-state index < -0.39 is 11.6 Å². The molecule has 1 aromatic rings. The van der Waals surface area contributed by atoms with Crippen molar-refractivity contribution >= 4 is 0 Å². The summed E-state index contributed by atoms with van der Waals surface area (Å²) in [6, 6.07) is 4.22. The Morgan fingerprint density at radius 1 is 1.11 bits per heavy atom. The zero-order valence-corrected chi connectivity index (χ0v) is 11.4. The van der Waals surface area contributed by atoms with E-state index >= 15 is 0 Å². The largest absolute Gasteiger partial charge is 0.393 e. The van der Waals surface area contributed by atoms with Gasteiger partial charge in [0.1, 0.15) is 0 Å². The van der Waals surface area contributed by atoms with Crippen molar-refractivity contribution in [3.8, 4) is 0 Å². The lowest BCUT2D eigenvalue weighted by molar-refractivity contribution is 0.0778. The van der Waals surface area contributed by atoms with Crippen molar-refractivity contribution in [3.63, 3.8) is 0 Å². The van der Waals surface area contributed by atoms with Crippen LogP contribution in [0.4, 0.5) is 8.78 Å². The minimum Gasteiger partial charge on any atom is -0.393 e. The Morgan fingerprint density at radius 2 is 1.74 bits per heavy atom. The maximum Gasteiger partial charge on any atom is 0.159 e. The molecule has 0 bridgehead atoms. The van der Waals surface area contributed by atoms with Crippen molar-refractivity contribution in [2.24, 2.45) is 5.92 Å². The highest BCUT2D eigenvalue weighted by atomic mass is 19.2. The van der Waals surface area contributed by atoms with Gasteiger partial charge in [-0.05, 0) is 63.4 Å². The minimum absolute atomic E-state index is 0.0719. The molecule has 0 aliphatic heterocycles. The van der Waals surface area contributed by atoms with Gasteiger partial charge in [-0.3, -0.25) is 0 Å². The molecule has 1 aromatic carbocycles. The SMILES string of the molecule is CN(C)C(c1ccc(F)c(F)c1)C1CCC(O)CC1. The lowest BCUT2D eigenvalue weighted by Gasteiger charge is -2.36. The van der Waals surface area contributed by atoms with Crippen LogP contribution in [-0.4, -0.2) is 30.2 Å². The second-order valence-electron chi connectivity index (χ2n) is 5.65. The number of nitrogens with zero attached hydrogens (tertiary/aromatic N) is 1. The van der Waals surface area contributed by atoms with Gasteiger partial charge in [0.2, 0.25) is 0 Å². The van der Waals surface area contributed by atoms with Crippen molar-refractivity contribution < 1.29 is 13.9 Å². The minimum atomic E-state index is -0.805. The lowest BCUT2D eigenvalue weighted by atomic mass is 9.79. The standard InChI is InChI=1S/C15H21F2NO/c1-18(2)15(10-3-6-12(19)7-4-10)11-5-8-13(16)14(17)9-11/h5,8-10,12,15,19H,3-4,6-7H2,1-2H3. The summed E-state index contributed by atoms with van der Waals surface area (Å²) in [5.41, 5.74) is 0.810. The predicted molar refractivity (Wildman–Crippen MR) is 70.8 cm³/mol. The summed E-state index contributed by atoms with van der Waals surface area (Å²) in [7, 11) is 3.91. The molecule has 19 heavy (non-hydrogen) atoms. The van der Waals surface area contributed by atoms with Crippen molar-refractivity contribution in [3.05, 3.63) is 35.4 Å². The zero-order valence-electron chi connectivity index (χ0n) is 11.4. The Hall–Kier alpha value is -1.00. The lowest BCUT2D eigenvalue weighted by Crippen LogP contribution is -2.31. The molecule has 0 heterocycles. The van der Waals surface area contributed by atoms with Crippen molar-refractivity contribution in [2.45, 2.75) is 37.8 Å². The Labute approximate surface area is 113 Å². The fourth-order valence-electron chi connectivity index (χ4n) is 3.11. The van der Waals surface area contributed by atoms with E-state index in [1.807, 2.05) is 14.1 Å². The third-order valence-electron chi connectivity index (χ3n) is 4.03. The van der Waals surface area contributed by atoms with Crippen LogP contribution in [0.1, 0.15) is 37.3 Å². The highest BCUT2D eigenvalue weighted by molar-refractivity contribution is 5.22. The monoisotopic (exact) mass is 269 g/mol. The Morgan fingerprint density at radius 3 is 2.26 bits per heavy atom. The fraction of sp³-hybridized carbons (Fsp3) is 0.600. The molecule has 0 radical (unpaired) electrons. The smallest absolute Gasteiger partial charge is 0.159 e. The molecule has 2 rings (SSSR count). The zero-order chi connectivity index (χ0) is 14.0. The van der Waals surface area contributed by atoms with Gasteiger partial charge in [-0.25, -0.2) is 8.78 Å². The third kappa shape index (κ3) is 3.31. The average molecular weight is 269 g/mol. The predicted octanol–water partition coefficient (Wildman–Crippen LogP) is 3.12. The molecule has 0 amide bonds. The molecule has 0 saturated heterocycles. The number of rotatable bonds is 3. The molecule has 1 aliphatic rings. The quantitative estimate of drug-likeness (QED) is 0.911. The van der Waals surface area contributed by atoms with Gasteiger partial charge in [0.25, 0.3) is 0 Å². The number of hydrogen-bond acceptors (Lipinski definition) is 2. The Balaban J connectivity index is 2.22. The molecule has 106 valence electrons. The first kappa shape index (κ1) is 14.4. The summed E-state index contributed by atoms with van der Waals surface area (Å²) in [4.78, 5) is 2.05. The Bertz CT molecular complexity index is 428. The van der Waals surface area contributed by atoms with Crippen LogP contribution in [0.15, 0.2) is 18.2 Å². The fourth-order valence-corrected chi connectivity index (χ4v) is 3.11. The highest BCUT2D eigenvalue weighted by Crippen LogP contribution is 2.37. The van der Waals surface area contributed by atoms with Gasteiger partial charge in [0.05, 0.1) is 6.10 Å². The molecule has 1 unspecified atom stereocenters.